The van der Waals surface area contributed by atoms with Crippen LogP contribution in [-0.4, -0.2) is 21.5 Å². The maximum absolute atomic E-state index is 11.7. The van der Waals surface area contributed by atoms with Gasteiger partial charge in [-0.15, -0.1) is 0 Å². The summed E-state index contributed by atoms with van der Waals surface area (Å²) in [5.41, 5.74) is 7.13. The Hall–Kier alpha value is -0.910. The average Bonchev–Trinajstić information content (AvgIpc) is 2.21. The maximum atomic E-state index is 11.7. The van der Waals surface area contributed by atoms with Crippen LogP contribution in [0.15, 0.2) is 24.3 Å². The van der Waals surface area contributed by atoms with E-state index in [1.807, 2.05) is 31.2 Å². The van der Waals surface area contributed by atoms with E-state index in [4.69, 9.17) is 5.73 Å². The lowest BCUT2D eigenvalue weighted by Gasteiger charge is -2.08. The molecule has 0 aliphatic rings. The van der Waals surface area contributed by atoms with Crippen LogP contribution in [0.3, 0.4) is 0 Å². The largest absolute Gasteiger partial charge is 0.330 e. The topological polar surface area (TPSA) is 72.2 Å². The molecule has 0 bridgehead atoms. The standard InChI is InChI=1S/C11H18N2O2S/c1-10-5-2-3-6-11(10)9-16(14,15)13-8-4-7-12/h2-3,5-6,13H,4,7-9,12H2,1H3. The summed E-state index contributed by atoms with van der Waals surface area (Å²) in [5.74, 6) is 0.0320. The molecule has 3 N–H and O–H groups in total. The van der Waals surface area contributed by atoms with Crippen molar-refractivity contribution < 1.29 is 8.42 Å². The van der Waals surface area contributed by atoms with Crippen LogP contribution in [0.2, 0.25) is 0 Å². The van der Waals surface area contributed by atoms with Crippen LogP contribution in [-0.2, 0) is 15.8 Å². The minimum atomic E-state index is -3.23. The molecule has 90 valence electrons. The summed E-state index contributed by atoms with van der Waals surface area (Å²) < 4.78 is 25.9. The van der Waals surface area contributed by atoms with Gasteiger partial charge in [-0.2, -0.15) is 0 Å². The molecule has 0 aliphatic heterocycles. The monoisotopic (exact) mass is 242 g/mol. The van der Waals surface area contributed by atoms with Gasteiger partial charge < -0.3 is 5.73 Å². The van der Waals surface area contributed by atoms with E-state index in [0.717, 1.165) is 11.1 Å². The molecule has 0 saturated carbocycles. The summed E-state index contributed by atoms with van der Waals surface area (Å²) in [6.45, 7) is 2.81. The molecule has 16 heavy (non-hydrogen) atoms. The summed E-state index contributed by atoms with van der Waals surface area (Å²) in [7, 11) is -3.23. The van der Waals surface area contributed by atoms with Gasteiger partial charge >= 0.3 is 0 Å². The fourth-order valence-corrected chi connectivity index (χ4v) is 2.65. The van der Waals surface area contributed by atoms with Gasteiger partial charge in [0, 0.05) is 6.54 Å². The summed E-state index contributed by atoms with van der Waals surface area (Å²) >= 11 is 0. The van der Waals surface area contributed by atoms with E-state index in [0.29, 0.717) is 19.5 Å². The molecule has 5 heteroatoms. The lowest BCUT2D eigenvalue weighted by molar-refractivity contribution is 0.578. The highest BCUT2D eigenvalue weighted by molar-refractivity contribution is 7.88. The molecular formula is C11H18N2O2S. The number of sulfonamides is 1. The molecule has 4 nitrogen and oxygen atoms in total. The lowest BCUT2D eigenvalue weighted by Crippen LogP contribution is -2.27. The molecule has 0 amide bonds. The summed E-state index contributed by atoms with van der Waals surface area (Å²) in [6, 6.07) is 7.48. The van der Waals surface area contributed by atoms with Gasteiger partial charge in [0.15, 0.2) is 0 Å². The number of nitrogens with one attached hydrogen (secondary N) is 1. The van der Waals surface area contributed by atoms with Gasteiger partial charge in [0.25, 0.3) is 0 Å². The predicted octanol–water partition coefficient (Wildman–Crippen LogP) is 0.763. The zero-order chi connectivity index (χ0) is 12.0. The molecular weight excluding hydrogens is 224 g/mol. The molecule has 0 spiro atoms. The first-order valence-electron chi connectivity index (χ1n) is 5.27. The van der Waals surface area contributed by atoms with E-state index in [-0.39, 0.29) is 5.75 Å². The minimum absolute atomic E-state index is 0.0320. The lowest BCUT2D eigenvalue weighted by atomic mass is 10.1. The normalized spacial score (nSPS) is 11.6. The van der Waals surface area contributed by atoms with Gasteiger partial charge in [-0.3, -0.25) is 0 Å². The molecule has 0 fully saturated rings. The highest BCUT2D eigenvalue weighted by Crippen LogP contribution is 2.10. The molecule has 0 radical (unpaired) electrons. The SMILES string of the molecule is Cc1ccccc1CS(=O)(=O)NCCCN. The number of hydrogen-bond acceptors (Lipinski definition) is 3. The minimum Gasteiger partial charge on any atom is -0.330 e. The van der Waals surface area contributed by atoms with Gasteiger partial charge in [0.05, 0.1) is 5.75 Å². The maximum Gasteiger partial charge on any atom is 0.215 e. The zero-order valence-corrected chi connectivity index (χ0v) is 10.3. The first kappa shape index (κ1) is 13.2. The van der Waals surface area contributed by atoms with Crippen molar-refractivity contribution >= 4 is 10.0 Å². The molecule has 0 saturated heterocycles. The average molecular weight is 242 g/mol. The highest BCUT2D eigenvalue weighted by atomic mass is 32.2. The van der Waals surface area contributed by atoms with Crippen molar-refractivity contribution in [2.75, 3.05) is 13.1 Å². The van der Waals surface area contributed by atoms with Gasteiger partial charge in [-0.05, 0) is 31.0 Å². The Kier molecular flexibility index (Phi) is 4.92. The van der Waals surface area contributed by atoms with Crippen molar-refractivity contribution in [2.24, 2.45) is 5.73 Å². The van der Waals surface area contributed by atoms with Gasteiger partial charge in [0.1, 0.15) is 0 Å². The fraction of sp³-hybridized carbons (Fsp3) is 0.455. The van der Waals surface area contributed by atoms with Gasteiger partial charge in [0.2, 0.25) is 10.0 Å². The molecule has 0 aromatic heterocycles. The number of aryl methyl sites for hydroxylation is 1. The van der Waals surface area contributed by atoms with Crippen molar-refractivity contribution in [1.82, 2.24) is 4.72 Å². The summed E-state index contributed by atoms with van der Waals surface area (Å²) in [5, 5.41) is 0. The van der Waals surface area contributed by atoms with E-state index in [1.54, 1.807) is 0 Å². The molecule has 0 heterocycles. The third-order valence-electron chi connectivity index (χ3n) is 2.31. The molecule has 1 aromatic rings. The Morgan fingerprint density at radius 3 is 2.62 bits per heavy atom. The van der Waals surface area contributed by atoms with Crippen LogP contribution in [0, 0.1) is 6.92 Å². The van der Waals surface area contributed by atoms with Crippen molar-refractivity contribution in [1.29, 1.82) is 0 Å². The van der Waals surface area contributed by atoms with E-state index < -0.39 is 10.0 Å². The van der Waals surface area contributed by atoms with E-state index >= 15 is 0 Å². The van der Waals surface area contributed by atoms with Crippen LogP contribution >= 0.6 is 0 Å². The Labute approximate surface area is 96.9 Å². The van der Waals surface area contributed by atoms with Crippen LogP contribution in [0.5, 0.6) is 0 Å². The predicted molar refractivity (Wildman–Crippen MR) is 65.5 cm³/mol. The van der Waals surface area contributed by atoms with Crippen molar-refractivity contribution in [3.8, 4) is 0 Å². The number of benzene rings is 1. The first-order chi connectivity index (χ1) is 7.55. The van der Waals surface area contributed by atoms with Crippen LogP contribution in [0.25, 0.3) is 0 Å². The molecule has 0 atom stereocenters. The summed E-state index contributed by atoms with van der Waals surface area (Å²) in [4.78, 5) is 0. The third kappa shape index (κ3) is 4.30. The van der Waals surface area contributed by atoms with Crippen molar-refractivity contribution in [3.05, 3.63) is 35.4 Å². The Balaban J connectivity index is 2.63. The second-order valence-electron chi connectivity index (χ2n) is 3.72. The van der Waals surface area contributed by atoms with Crippen LogP contribution < -0.4 is 10.5 Å². The van der Waals surface area contributed by atoms with Crippen LogP contribution in [0.1, 0.15) is 17.5 Å². The van der Waals surface area contributed by atoms with Crippen LogP contribution in [0.4, 0.5) is 0 Å². The van der Waals surface area contributed by atoms with E-state index in [2.05, 4.69) is 4.72 Å². The Morgan fingerprint density at radius 2 is 2.00 bits per heavy atom. The quantitative estimate of drug-likeness (QED) is 0.723. The third-order valence-corrected chi connectivity index (χ3v) is 3.64. The summed E-state index contributed by atoms with van der Waals surface area (Å²) in [6.07, 6.45) is 0.660. The molecule has 1 aromatic carbocycles. The number of hydrogen-bond donors (Lipinski definition) is 2. The number of nitrogens with two attached hydrogens (primary N) is 1. The first-order valence-corrected chi connectivity index (χ1v) is 6.92. The fourth-order valence-electron chi connectivity index (χ4n) is 1.36. The number of rotatable bonds is 6. The van der Waals surface area contributed by atoms with Gasteiger partial charge in [-0.1, -0.05) is 24.3 Å². The van der Waals surface area contributed by atoms with Gasteiger partial charge in [-0.25, -0.2) is 13.1 Å². The second-order valence-corrected chi connectivity index (χ2v) is 5.53. The highest BCUT2D eigenvalue weighted by Gasteiger charge is 2.11. The van der Waals surface area contributed by atoms with Crippen molar-refractivity contribution in [2.45, 2.75) is 19.1 Å². The molecule has 0 aliphatic carbocycles. The van der Waals surface area contributed by atoms with Crippen molar-refractivity contribution in [3.63, 3.8) is 0 Å². The second kappa shape index (κ2) is 5.98. The Morgan fingerprint density at radius 1 is 1.31 bits per heavy atom. The molecule has 0 unspecified atom stereocenters. The molecule has 1 rings (SSSR count). The van der Waals surface area contributed by atoms with E-state index in [9.17, 15) is 8.42 Å². The van der Waals surface area contributed by atoms with E-state index in [1.165, 1.54) is 0 Å². The smallest absolute Gasteiger partial charge is 0.215 e. The Bertz CT molecular complexity index is 429. The zero-order valence-electron chi connectivity index (χ0n) is 9.44.